The average molecular weight is 236 g/mol. The van der Waals surface area contributed by atoms with E-state index in [1.807, 2.05) is 0 Å². The number of primary amides is 1. The van der Waals surface area contributed by atoms with Crippen molar-refractivity contribution in [2.24, 2.45) is 5.73 Å². The quantitative estimate of drug-likeness (QED) is 0.811. The molecule has 16 heavy (non-hydrogen) atoms. The third-order valence-electron chi connectivity index (χ3n) is 1.88. The third-order valence-corrected chi connectivity index (χ3v) is 1.88. The zero-order valence-corrected chi connectivity index (χ0v) is 8.01. The van der Waals surface area contributed by atoms with E-state index < -0.39 is 23.6 Å². The van der Waals surface area contributed by atoms with Crippen LogP contribution in [0.25, 0.3) is 0 Å². The molecular formula is C9H8F4N2O. The smallest absolute Gasteiger partial charge is 0.370 e. The van der Waals surface area contributed by atoms with E-state index in [2.05, 4.69) is 4.98 Å². The van der Waals surface area contributed by atoms with E-state index in [0.717, 1.165) is 12.3 Å². The Hall–Kier alpha value is -1.66. The van der Waals surface area contributed by atoms with Crippen LogP contribution in [0.15, 0.2) is 12.3 Å². The van der Waals surface area contributed by atoms with Crippen molar-refractivity contribution in [1.82, 2.24) is 4.98 Å². The van der Waals surface area contributed by atoms with Gasteiger partial charge < -0.3 is 5.73 Å². The van der Waals surface area contributed by atoms with Crippen LogP contribution in [-0.2, 0) is 17.4 Å². The van der Waals surface area contributed by atoms with E-state index >= 15 is 0 Å². The molecule has 1 amide bonds. The number of halogens is 4. The Morgan fingerprint density at radius 3 is 2.56 bits per heavy atom. The molecule has 0 spiro atoms. The highest BCUT2D eigenvalue weighted by molar-refractivity contribution is 5.74. The van der Waals surface area contributed by atoms with Gasteiger partial charge >= 0.3 is 6.18 Å². The van der Waals surface area contributed by atoms with Crippen LogP contribution >= 0.6 is 0 Å². The molecule has 1 aromatic rings. The van der Waals surface area contributed by atoms with Crippen molar-refractivity contribution in [1.29, 1.82) is 0 Å². The minimum absolute atomic E-state index is 0.174. The summed E-state index contributed by atoms with van der Waals surface area (Å²) in [6.45, 7) is 0. The highest BCUT2D eigenvalue weighted by atomic mass is 19.4. The minimum atomic E-state index is -4.84. The largest absolute Gasteiger partial charge is 0.436 e. The van der Waals surface area contributed by atoms with Crippen LogP contribution in [0.5, 0.6) is 0 Å². The number of nitrogens with two attached hydrogens (primary N) is 1. The molecule has 0 atom stereocenters. The summed E-state index contributed by atoms with van der Waals surface area (Å²) in [6, 6.07) is 1.09. The number of carbonyl (C=O) groups is 1. The van der Waals surface area contributed by atoms with Crippen LogP contribution in [0.2, 0.25) is 0 Å². The summed E-state index contributed by atoms with van der Waals surface area (Å²) in [4.78, 5) is 13.3. The van der Waals surface area contributed by atoms with Gasteiger partial charge in [-0.3, -0.25) is 4.79 Å². The van der Waals surface area contributed by atoms with Gasteiger partial charge in [-0.05, 0) is 18.1 Å². The molecule has 2 N–H and O–H groups in total. The molecule has 88 valence electrons. The molecular weight excluding hydrogens is 228 g/mol. The van der Waals surface area contributed by atoms with Gasteiger partial charge in [0.1, 0.15) is 0 Å². The molecule has 3 nitrogen and oxygen atoms in total. The fraction of sp³-hybridized carbons (Fsp3) is 0.333. The van der Waals surface area contributed by atoms with Crippen molar-refractivity contribution in [2.75, 3.05) is 0 Å². The second-order valence-electron chi connectivity index (χ2n) is 3.10. The van der Waals surface area contributed by atoms with Gasteiger partial charge in [-0.2, -0.15) is 13.2 Å². The number of amides is 1. The molecule has 0 radical (unpaired) electrons. The topological polar surface area (TPSA) is 56.0 Å². The number of alkyl halides is 3. The number of aryl methyl sites for hydroxylation is 1. The first kappa shape index (κ1) is 12.4. The minimum Gasteiger partial charge on any atom is -0.370 e. The molecule has 0 saturated carbocycles. The second kappa shape index (κ2) is 4.46. The van der Waals surface area contributed by atoms with Gasteiger partial charge in [0.25, 0.3) is 0 Å². The summed E-state index contributed by atoms with van der Waals surface area (Å²) in [6.07, 6.45) is -4.37. The van der Waals surface area contributed by atoms with E-state index in [1.165, 1.54) is 0 Å². The molecule has 0 aliphatic rings. The molecule has 0 bridgehead atoms. The average Bonchev–Trinajstić information content (AvgIpc) is 2.14. The van der Waals surface area contributed by atoms with Crippen molar-refractivity contribution >= 4 is 5.91 Å². The molecule has 1 heterocycles. The summed E-state index contributed by atoms with van der Waals surface area (Å²) < 4.78 is 50.0. The lowest BCUT2D eigenvalue weighted by Gasteiger charge is -2.09. The fourth-order valence-electron chi connectivity index (χ4n) is 1.13. The van der Waals surface area contributed by atoms with Crippen molar-refractivity contribution in [3.05, 3.63) is 29.3 Å². The monoisotopic (exact) mass is 236 g/mol. The van der Waals surface area contributed by atoms with Gasteiger partial charge in [0.05, 0.1) is 0 Å². The lowest BCUT2D eigenvalue weighted by Crippen LogP contribution is -2.15. The summed E-state index contributed by atoms with van der Waals surface area (Å²) in [5.74, 6) is -2.15. The molecule has 0 fully saturated rings. The zero-order chi connectivity index (χ0) is 12.3. The van der Waals surface area contributed by atoms with Gasteiger partial charge in [0.15, 0.2) is 11.5 Å². The summed E-state index contributed by atoms with van der Waals surface area (Å²) in [5, 5.41) is 0. The Kier molecular flexibility index (Phi) is 3.46. The van der Waals surface area contributed by atoms with Crippen molar-refractivity contribution in [3.8, 4) is 0 Å². The predicted octanol–water partition coefficient (Wildman–Crippen LogP) is 1.66. The van der Waals surface area contributed by atoms with Crippen molar-refractivity contribution in [3.63, 3.8) is 0 Å². The second-order valence-corrected chi connectivity index (χ2v) is 3.10. The Bertz CT molecular complexity index is 403. The molecule has 0 unspecified atom stereocenters. The number of hydrogen-bond acceptors (Lipinski definition) is 2. The number of hydrogen-bond donors (Lipinski definition) is 1. The zero-order valence-electron chi connectivity index (χ0n) is 8.01. The first-order valence-corrected chi connectivity index (χ1v) is 4.31. The van der Waals surface area contributed by atoms with Crippen LogP contribution in [0.4, 0.5) is 17.6 Å². The van der Waals surface area contributed by atoms with E-state index in [-0.39, 0.29) is 18.4 Å². The van der Waals surface area contributed by atoms with Crippen molar-refractivity contribution in [2.45, 2.75) is 19.0 Å². The summed E-state index contributed by atoms with van der Waals surface area (Å²) in [7, 11) is 0. The van der Waals surface area contributed by atoms with E-state index in [0.29, 0.717) is 0 Å². The normalized spacial score (nSPS) is 11.5. The lowest BCUT2D eigenvalue weighted by atomic mass is 10.1. The predicted molar refractivity (Wildman–Crippen MR) is 46.7 cm³/mol. The molecule has 0 aliphatic heterocycles. The maximum atomic E-state index is 13.3. The van der Waals surface area contributed by atoms with Crippen LogP contribution in [0.3, 0.4) is 0 Å². The molecule has 1 rings (SSSR count). The van der Waals surface area contributed by atoms with Gasteiger partial charge in [-0.25, -0.2) is 9.37 Å². The molecule has 0 aromatic carbocycles. The highest BCUT2D eigenvalue weighted by Gasteiger charge is 2.36. The Balaban J connectivity index is 3.00. The summed E-state index contributed by atoms with van der Waals surface area (Å²) in [5.41, 5.74) is 3.02. The SMILES string of the molecule is NC(=O)CCc1ccnc(C(F)(F)F)c1F. The van der Waals surface area contributed by atoms with Crippen molar-refractivity contribution < 1.29 is 22.4 Å². The van der Waals surface area contributed by atoms with Gasteiger partial charge in [0, 0.05) is 12.6 Å². The molecule has 0 saturated heterocycles. The lowest BCUT2D eigenvalue weighted by molar-refractivity contribution is -0.143. The van der Waals surface area contributed by atoms with Gasteiger partial charge in [-0.15, -0.1) is 0 Å². The Morgan fingerprint density at radius 2 is 2.06 bits per heavy atom. The van der Waals surface area contributed by atoms with Crippen LogP contribution in [-0.4, -0.2) is 10.9 Å². The number of aromatic nitrogens is 1. The number of rotatable bonds is 3. The van der Waals surface area contributed by atoms with Crippen LogP contribution in [0.1, 0.15) is 17.7 Å². The maximum absolute atomic E-state index is 13.3. The first-order chi connectivity index (χ1) is 7.32. The molecule has 1 aromatic heterocycles. The molecule has 0 aliphatic carbocycles. The standard InChI is InChI=1S/C9H8F4N2O/c10-7-5(1-2-6(14)16)3-4-15-8(7)9(11,12)13/h3-4H,1-2H2,(H2,14,16). The van der Waals surface area contributed by atoms with Gasteiger partial charge in [-0.1, -0.05) is 0 Å². The number of carbonyl (C=O) groups excluding carboxylic acids is 1. The summed E-state index contributed by atoms with van der Waals surface area (Å²) >= 11 is 0. The van der Waals surface area contributed by atoms with Crippen LogP contribution < -0.4 is 5.73 Å². The Morgan fingerprint density at radius 1 is 1.44 bits per heavy atom. The van der Waals surface area contributed by atoms with E-state index in [9.17, 15) is 22.4 Å². The fourth-order valence-corrected chi connectivity index (χ4v) is 1.13. The van der Waals surface area contributed by atoms with E-state index in [4.69, 9.17) is 5.73 Å². The maximum Gasteiger partial charge on any atom is 0.436 e. The number of nitrogens with zero attached hydrogens (tertiary/aromatic N) is 1. The van der Waals surface area contributed by atoms with Gasteiger partial charge in [0.2, 0.25) is 5.91 Å². The van der Waals surface area contributed by atoms with Crippen LogP contribution in [0, 0.1) is 5.82 Å². The highest BCUT2D eigenvalue weighted by Crippen LogP contribution is 2.30. The third kappa shape index (κ3) is 2.91. The molecule has 7 heteroatoms. The number of pyridine rings is 1. The van der Waals surface area contributed by atoms with E-state index in [1.54, 1.807) is 0 Å². The Labute approximate surface area is 88.3 Å². The first-order valence-electron chi connectivity index (χ1n) is 4.31.